The van der Waals surface area contributed by atoms with Crippen LogP contribution in [0, 0.1) is 6.92 Å². The van der Waals surface area contributed by atoms with E-state index in [1.165, 1.54) is 0 Å². The van der Waals surface area contributed by atoms with Crippen LogP contribution < -0.4 is 0 Å². The number of nitrogens with zero attached hydrogens (tertiary/aromatic N) is 7. The average Bonchev–Trinajstić information content (AvgIpc) is 3.38. The molecule has 0 spiro atoms. The molecule has 0 unspecified atom stereocenters. The lowest BCUT2D eigenvalue weighted by Crippen LogP contribution is -2.48. The maximum absolute atomic E-state index is 13.2. The molecule has 0 atom stereocenters. The summed E-state index contributed by atoms with van der Waals surface area (Å²) in [6, 6.07) is 11.1. The fourth-order valence-electron chi connectivity index (χ4n) is 3.97. The van der Waals surface area contributed by atoms with Gasteiger partial charge >= 0.3 is 0 Å². The lowest BCUT2D eigenvalue weighted by atomic mass is 10.2. The van der Waals surface area contributed by atoms with Gasteiger partial charge < -0.3 is 4.90 Å². The molecule has 0 saturated carbocycles. The molecule has 32 heavy (non-hydrogen) atoms. The molecule has 1 aliphatic rings. The molecule has 10 heteroatoms. The van der Waals surface area contributed by atoms with Crippen molar-refractivity contribution in [3.05, 3.63) is 75.9 Å². The van der Waals surface area contributed by atoms with E-state index < -0.39 is 0 Å². The van der Waals surface area contributed by atoms with Crippen molar-refractivity contribution < 1.29 is 4.79 Å². The molecule has 1 amide bonds. The predicted molar refractivity (Wildman–Crippen MR) is 122 cm³/mol. The summed E-state index contributed by atoms with van der Waals surface area (Å²) in [7, 11) is 0. The summed E-state index contributed by atoms with van der Waals surface area (Å²) in [5.74, 6) is -0.0226. The molecule has 1 saturated heterocycles. The van der Waals surface area contributed by atoms with Crippen molar-refractivity contribution in [3.63, 3.8) is 0 Å². The van der Waals surface area contributed by atoms with Crippen molar-refractivity contribution in [1.82, 2.24) is 34.2 Å². The quantitative estimate of drug-likeness (QED) is 0.457. The van der Waals surface area contributed by atoms with E-state index in [9.17, 15) is 4.79 Å². The highest BCUT2D eigenvalue weighted by molar-refractivity contribution is 6.30. The van der Waals surface area contributed by atoms with Gasteiger partial charge in [0.1, 0.15) is 11.3 Å². The van der Waals surface area contributed by atoms with Crippen molar-refractivity contribution in [1.29, 1.82) is 0 Å². The number of hydrogen-bond donors (Lipinski definition) is 0. The molecule has 0 radical (unpaired) electrons. The molecular formula is C22H21Cl2N7O. The Bertz CT molecular complexity index is 1270. The number of aryl methyl sites for hydroxylation is 1. The molecule has 1 aliphatic heterocycles. The number of imidazole rings is 1. The second-order valence-corrected chi connectivity index (χ2v) is 8.69. The van der Waals surface area contributed by atoms with Crippen LogP contribution in [0.25, 0.3) is 11.3 Å². The first kappa shape index (κ1) is 20.9. The highest BCUT2D eigenvalue weighted by atomic mass is 35.5. The lowest BCUT2D eigenvalue weighted by Gasteiger charge is -2.34. The Balaban J connectivity index is 1.23. The average molecular weight is 470 g/mol. The summed E-state index contributed by atoms with van der Waals surface area (Å²) in [4.78, 5) is 21.9. The number of amides is 1. The molecule has 0 aliphatic carbocycles. The third-order valence-electron chi connectivity index (χ3n) is 5.64. The second kappa shape index (κ2) is 8.54. The topological polar surface area (TPSA) is 71.6 Å². The fourth-order valence-corrected chi connectivity index (χ4v) is 4.26. The molecule has 3 aromatic heterocycles. The first-order valence-electron chi connectivity index (χ1n) is 10.3. The number of carbonyl (C=O) groups is 1. The zero-order chi connectivity index (χ0) is 22.2. The Hall–Kier alpha value is -2.94. The summed E-state index contributed by atoms with van der Waals surface area (Å²) < 4.78 is 3.52. The number of benzene rings is 1. The standard InChI is InChI=1S/C22H21Cl2N7O/c1-15-21(30-12-17(24)4-7-20(30)25-15)22(32)29-10-8-28(9-11-29)13-18-14-31(27-26-18)19-5-2-16(23)3-6-19/h2-7,12,14H,8-11,13H2,1H3. The molecule has 1 aromatic carbocycles. The summed E-state index contributed by atoms with van der Waals surface area (Å²) >= 11 is 12.1. The van der Waals surface area contributed by atoms with Crippen LogP contribution in [-0.4, -0.2) is 66.3 Å². The maximum atomic E-state index is 13.2. The molecule has 164 valence electrons. The van der Waals surface area contributed by atoms with Gasteiger partial charge in [0, 0.05) is 43.9 Å². The van der Waals surface area contributed by atoms with E-state index in [0.29, 0.717) is 41.1 Å². The lowest BCUT2D eigenvalue weighted by molar-refractivity contribution is 0.0619. The Kier molecular flexibility index (Phi) is 5.58. The van der Waals surface area contributed by atoms with E-state index in [4.69, 9.17) is 23.2 Å². The minimum absolute atomic E-state index is 0.0226. The summed E-state index contributed by atoms with van der Waals surface area (Å²) in [5.41, 5.74) is 3.79. The van der Waals surface area contributed by atoms with Crippen LogP contribution in [0.5, 0.6) is 0 Å². The number of carbonyl (C=O) groups excluding carboxylic acids is 1. The van der Waals surface area contributed by atoms with Gasteiger partial charge in [-0.25, -0.2) is 9.67 Å². The summed E-state index contributed by atoms with van der Waals surface area (Å²) in [6.45, 7) is 5.33. The van der Waals surface area contributed by atoms with Gasteiger partial charge in [-0.15, -0.1) is 5.10 Å². The second-order valence-electron chi connectivity index (χ2n) is 7.82. The van der Waals surface area contributed by atoms with Crippen molar-refractivity contribution in [2.45, 2.75) is 13.5 Å². The first-order chi connectivity index (χ1) is 15.5. The van der Waals surface area contributed by atoms with E-state index in [2.05, 4.69) is 20.2 Å². The smallest absolute Gasteiger partial charge is 0.272 e. The summed E-state index contributed by atoms with van der Waals surface area (Å²) in [6.07, 6.45) is 3.66. The van der Waals surface area contributed by atoms with E-state index in [0.717, 1.165) is 30.1 Å². The molecule has 4 heterocycles. The van der Waals surface area contributed by atoms with Crippen molar-refractivity contribution >= 4 is 34.8 Å². The minimum Gasteiger partial charge on any atom is -0.335 e. The SMILES string of the molecule is Cc1nc2ccc(Cl)cn2c1C(=O)N1CCN(Cc2cn(-c3ccc(Cl)cc3)nn2)CC1. The van der Waals surface area contributed by atoms with Crippen LogP contribution in [0.15, 0.2) is 48.8 Å². The van der Waals surface area contributed by atoms with Gasteiger partial charge in [-0.1, -0.05) is 28.4 Å². The van der Waals surface area contributed by atoms with Gasteiger partial charge in [0.2, 0.25) is 0 Å². The van der Waals surface area contributed by atoms with Crippen LogP contribution in [0.1, 0.15) is 21.9 Å². The first-order valence-corrected chi connectivity index (χ1v) is 11.1. The third-order valence-corrected chi connectivity index (χ3v) is 6.11. The fraction of sp³-hybridized carbons (Fsp3) is 0.273. The molecule has 1 fully saturated rings. The monoisotopic (exact) mass is 469 g/mol. The summed E-state index contributed by atoms with van der Waals surface area (Å²) in [5, 5.41) is 9.76. The highest BCUT2D eigenvalue weighted by Gasteiger charge is 2.26. The van der Waals surface area contributed by atoms with Crippen LogP contribution in [-0.2, 0) is 6.54 Å². The molecule has 4 aromatic rings. The van der Waals surface area contributed by atoms with Crippen LogP contribution in [0.4, 0.5) is 0 Å². The normalized spacial score (nSPS) is 14.9. The number of pyridine rings is 1. The van der Waals surface area contributed by atoms with Crippen molar-refractivity contribution in [2.24, 2.45) is 0 Å². The largest absolute Gasteiger partial charge is 0.335 e. The van der Waals surface area contributed by atoms with Crippen LogP contribution >= 0.6 is 23.2 Å². The molecule has 8 nitrogen and oxygen atoms in total. The Morgan fingerprint density at radius 3 is 2.44 bits per heavy atom. The van der Waals surface area contributed by atoms with Gasteiger partial charge in [-0.2, -0.15) is 0 Å². The molecule has 5 rings (SSSR count). The van der Waals surface area contributed by atoms with Gasteiger partial charge in [-0.05, 0) is 43.3 Å². The van der Waals surface area contributed by atoms with E-state index in [1.807, 2.05) is 48.4 Å². The van der Waals surface area contributed by atoms with Crippen molar-refractivity contribution in [3.8, 4) is 5.69 Å². The Morgan fingerprint density at radius 2 is 1.69 bits per heavy atom. The van der Waals surface area contributed by atoms with Gasteiger partial charge in [-0.3, -0.25) is 14.1 Å². The van der Waals surface area contributed by atoms with Gasteiger partial charge in [0.15, 0.2) is 0 Å². The van der Waals surface area contributed by atoms with Crippen LogP contribution in [0.2, 0.25) is 10.0 Å². The Morgan fingerprint density at radius 1 is 0.969 bits per heavy atom. The molecule has 0 N–H and O–H groups in total. The number of rotatable bonds is 4. The maximum Gasteiger partial charge on any atom is 0.272 e. The number of aromatic nitrogens is 5. The van der Waals surface area contributed by atoms with Crippen molar-refractivity contribution in [2.75, 3.05) is 26.2 Å². The zero-order valence-electron chi connectivity index (χ0n) is 17.4. The number of hydrogen-bond acceptors (Lipinski definition) is 5. The highest BCUT2D eigenvalue weighted by Crippen LogP contribution is 2.19. The number of piperazine rings is 1. The third kappa shape index (κ3) is 4.09. The van der Waals surface area contributed by atoms with E-state index >= 15 is 0 Å². The Labute approximate surface area is 195 Å². The van der Waals surface area contributed by atoms with Crippen LogP contribution in [0.3, 0.4) is 0 Å². The number of halogens is 2. The molecular weight excluding hydrogens is 449 g/mol. The predicted octanol–water partition coefficient (Wildman–Crippen LogP) is 3.49. The van der Waals surface area contributed by atoms with Gasteiger partial charge in [0.25, 0.3) is 5.91 Å². The molecule has 0 bridgehead atoms. The number of fused-ring (bicyclic) bond motifs is 1. The van der Waals surface area contributed by atoms with E-state index in [1.54, 1.807) is 21.3 Å². The van der Waals surface area contributed by atoms with E-state index in [-0.39, 0.29) is 5.91 Å². The zero-order valence-corrected chi connectivity index (χ0v) is 19.0. The van der Waals surface area contributed by atoms with Gasteiger partial charge in [0.05, 0.1) is 28.3 Å². The minimum atomic E-state index is -0.0226.